The average molecular weight is 770 g/mol. The monoisotopic (exact) mass is 769 g/mol. The summed E-state index contributed by atoms with van der Waals surface area (Å²) in [4.78, 5) is 45.7. The molecule has 1 unspecified atom stereocenters. The molecule has 12 nitrogen and oxygen atoms in total. The van der Waals surface area contributed by atoms with Crippen LogP contribution in [0.5, 0.6) is 0 Å². The van der Waals surface area contributed by atoms with E-state index >= 15 is 0 Å². The first-order valence-corrected chi connectivity index (χ1v) is 20.9. The topological polar surface area (TPSA) is 192 Å². The second-order valence-corrected chi connectivity index (χ2v) is 14.4. The molecule has 0 aromatic rings. The first-order valence-electron chi connectivity index (χ1n) is 19.4. The summed E-state index contributed by atoms with van der Waals surface area (Å²) in [6, 6.07) is -1.55. The molecule has 0 aliphatic rings. The fourth-order valence-corrected chi connectivity index (χ4v) is 5.45. The van der Waals surface area contributed by atoms with Gasteiger partial charge in [0.05, 0.1) is 19.3 Å². The predicted molar refractivity (Wildman–Crippen MR) is 209 cm³/mol. The number of allylic oxidation sites excluding steroid dienone is 9. The Morgan fingerprint density at radius 1 is 0.679 bits per heavy atom. The molecule has 304 valence electrons. The number of ether oxygens (including phenoxy) is 2. The van der Waals surface area contributed by atoms with E-state index in [1.54, 1.807) is 12.2 Å². The molecule has 0 rings (SSSR count). The van der Waals surface area contributed by atoms with Gasteiger partial charge in [0.15, 0.2) is 6.10 Å². The van der Waals surface area contributed by atoms with Gasteiger partial charge in [0.2, 0.25) is 0 Å². The van der Waals surface area contributed by atoms with Gasteiger partial charge in [-0.05, 0) is 64.2 Å². The third-order valence-electron chi connectivity index (χ3n) is 7.84. The largest absolute Gasteiger partial charge is 0.480 e. The lowest BCUT2D eigenvalue weighted by molar-refractivity contribution is -0.161. The Labute approximate surface area is 318 Å². The molecular formula is C40H68NO11P. The zero-order chi connectivity index (χ0) is 39.4. The zero-order valence-corrected chi connectivity index (χ0v) is 33.1. The van der Waals surface area contributed by atoms with Crippen LogP contribution in [0.1, 0.15) is 136 Å². The number of unbranched alkanes of at least 4 members (excludes halogenated alkanes) is 10. The number of phosphoric acid groups is 1. The summed E-state index contributed by atoms with van der Waals surface area (Å²) in [5.74, 6) is -2.63. The average Bonchev–Trinajstić information content (AvgIpc) is 3.12. The van der Waals surface area contributed by atoms with E-state index < -0.39 is 63.8 Å². The molecule has 0 saturated heterocycles. The van der Waals surface area contributed by atoms with Gasteiger partial charge in [0.1, 0.15) is 12.6 Å². The minimum atomic E-state index is -4.76. The van der Waals surface area contributed by atoms with E-state index in [0.29, 0.717) is 19.3 Å². The Kier molecular flexibility index (Phi) is 33.0. The number of carboxylic acids is 1. The van der Waals surface area contributed by atoms with Gasteiger partial charge in [0, 0.05) is 12.8 Å². The number of hydrogen-bond acceptors (Lipinski definition) is 10. The number of aliphatic carboxylic acids is 1. The van der Waals surface area contributed by atoms with E-state index in [1.807, 2.05) is 12.2 Å². The van der Waals surface area contributed by atoms with Crippen LogP contribution in [0, 0.1) is 0 Å². The second kappa shape index (κ2) is 34.9. The standard InChI is InChI=1S/C40H68NO11P/c1-3-5-7-9-11-13-15-16-18-19-21-23-25-28-35(42)29-27-31-38(43)49-32-36(33-50-53(47,48)51-34-37(41)40(45)46)52-39(44)30-26-24-22-20-17-14-12-10-8-6-4-2/h10-13,16,18,21,23,25,28,35-37,42H,3-9,14-15,17,19-20,22,24,26-27,29-34,41H2,1-2H3,(H,45,46)(H,47,48)/b12-10-,13-11-,18-16-,23-21-,28-25+/t35-,36-,37+/m1/s1. The van der Waals surface area contributed by atoms with Gasteiger partial charge in [-0.15, -0.1) is 0 Å². The van der Waals surface area contributed by atoms with Crippen LogP contribution in [-0.2, 0) is 37.5 Å². The van der Waals surface area contributed by atoms with Crippen molar-refractivity contribution in [3.05, 3.63) is 60.8 Å². The molecule has 0 aliphatic heterocycles. The number of carbonyl (C=O) groups excluding carboxylic acids is 2. The van der Waals surface area contributed by atoms with Gasteiger partial charge in [-0.25, -0.2) is 4.57 Å². The van der Waals surface area contributed by atoms with Gasteiger partial charge < -0.3 is 30.3 Å². The summed E-state index contributed by atoms with van der Waals surface area (Å²) < 4.78 is 32.4. The first-order chi connectivity index (χ1) is 25.5. The van der Waals surface area contributed by atoms with Crippen LogP contribution in [-0.4, -0.2) is 71.1 Å². The van der Waals surface area contributed by atoms with Gasteiger partial charge in [-0.3, -0.25) is 23.4 Å². The lowest BCUT2D eigenvalue weighted by Crippen LogP contribution is -2.34. The highest BCUT2D eigenvalue weighted by molar-refractivity contribution is 7.47. The third kappa shape index (κ3) is 34.6. The van der Waals surface area contributed by atoms with E-state index in [4.69, 9.17) is 24.8 Å². The normalized spacial score (nSPS) is 15.1. The minimum absolute atomic E-state index is 0.0106. The predicted octanol–water partition coefficient (Wildman–Crippen LogP) is 8.58. The van der Waals surface area contributed by atoms with E-state index in [9.17, 15) is 28.9 Å². The lowest BCUT2D eigenvalue weighted by atomic mass is 10.1. The highest BCUT2D eigenvalue weighted by Gasteiger charge is 2.28. The maximum Gasteiger partial charge on any atom is 0.472 e. The molecular weight excluding hydrogens is 701 g/mol. The molecule has 0 aromatic heterocycles. The summed E-state index contributed by atoms with van der Waals surface area (Å²) >= 11 is 0. The van der Waals surface area contributed by atoms with Crippen molar-refractivity contribution in [3.8, 4) is 0 Å². The van der Waals surface area contributed by atoms with Crippen LogP contribution >= 0.6 is 7.82 Å². The van der Waals surface area contributed by atoms with Crippen LogP contribution in [0.4, 0.5) is 0 Å². The SMILES string of the molecule is CCCC/C=C\CCCCCCCC(=O)O[C@H](COC(=O)CCC[C@H](O)/C=C/C=C\C/C=C\C/C=C\CCCCC)COP(=O)(O)OC[C@H](N)C(=O)O. The van der Waals surface area contributed by atoms with Gasteiger partial charge in [-0.2, -0.15) is 0 Å². The van der Waals surface area contributed by atoms with Gasteiger partial charge >= 0.3 is 25.7 Å². The van der Waals surface area contributed by atoms with Crippen molar-refractivity contribution in [1.82, 2.24) is 0 Å². The molecule has 0 heterocycles. The number of nitrogens with two attached hydrogens (primary N) is 1. The van der Waals surface area contributed by atoms with E-state index in [2.05, 4.69) is 54.8 Å². The number of aliphatic hydroxyl groups excluding tert-OH is 1. The Hall–Kier alpha value is -2.86. The van der Waals surface area contributed by atoms with Crippen LogP contribution in [0.2, 0.25) is 0 Å². The molecule has 0 amide bonds. The molecule has 0 saturated carbocycles. The van der Waals surface area contributed by atoms with Crippen LogP contribution in [0.3, 0.4) is 0 Å². The van der Waals surface area contributed by atoms with Crippen molar-refractivity contribution in [2.45, 2.75) is 154 Å². The van der Waals surface area contributed by atoms with Crippen molar-refractivity contribution in [2.75, 3.05) is 19.8 Å². The van der Waals surface area contributed by atoms with Crippen molar-refractivity contribution in [3.63, 3.8) is 0 Å². The third-order valence-corrected chi connectivity index (χ3v) is 8.79. The number of hydrogen-bond donors (Lipinski definition) is 4. The molecule has 0 aliphatic carbocycles. The summed E-state index contributed by atoms with van der Waals surface area (Å²) in [6.07, 6.45) is 34.7. The maximum absolute atomic E-state index is 12.5. The number of aliphatic hydroxyl groups is 1. The summed E-state index contributed by atoms with van der Waals surface area (Å²) in [6.45, 7) is 2.49. The minimum Gasteiger partial charge on any atom is -0.480 e. The fourth-order valence-electron chi connectivity index (χ4n) is 4.68. The first kappa shape index (κ1) is 50.1. The Morgan fingerprint density at radius 2 is 1.25 bits per heavy atom. The van der Waals surface area contributed by atoms with Crippen molar-refractivity contribution < 1.29 is 52.6 Å². The zero-order valence-electron chi connectivity index (χ0n) is 32.2. The molecule has 0 spiro atoms. The van der Waals surface area contributed by atoms with Crippen LogP contribution in [0.15, 0.2) is 60.8 Å². The summed E-state index contributed by atoms with van der Waals surface area (Å²) in [5, 5.41) is 19.1. The Balaban J connectivity index is 4.64. The molecule has 53 heavy (non-hydrogen) atoms. The van der Waals surface area contributed by atoms with E-state index in [0.717, 1.165) is 57.8 Å². The van der Waals surface area contributed by atoms with Gasteiger partial charge in [-0.1, -0.05) is 120 Å². The van der Waals surface area contributed by atoms with Crippen molar-refractivity contribution >= 4 is 25.7 Å². The van der Waals surface area contributed by atoms with Crippen molar-refractivity contribution in [2.24, 2.45) is 5.73 Å². The number of carboxylic acid groups (broad SMARTS) is 1. The lowest BCUT2D eigenvalue weighted by Gasteiger charge is -2.20. The maximum atomic E-state index is 12.5. The molecule has 0 bridgehead atoms. The highest BCUT2D eigenvalue weighted by atomic mass is 31.2. The quantitative estimate of drug-likeness (QED) is 0.0158. The number of phosphoric ester groups is 1. The smallest absolute Gasteiger partial charge is 0.472 e. The fraction of sp³-hybridized carbons (Fsp3) is 0.675. The summed E-state index contributed by atoms with van der Waals surface area (Å²) in [7, 11) is -4.76. The molecule has 0 aromatic carbocycles. The number of rotatable bonds is 35. The van der Waals surface area contributed by atoms with Crippen LogP contribution in [0.25, 0.3) is 0 Å². The molecule has 4 atom stereocenters. The summed E-state index contributed by atoms with van der Waals surface area (Å²) in [5.41, 5.74) is 5.30. The van der Waals surface area contributed by atoms with Crippen molar-refractivity contribution in [1.29, 1.82) is 0 Å². The molecule has 5 N–H and O–H groups in total. The number of carbonyl (C=O) groups is 3. The van der Waals surface area contributed by atoms with Gasteiger partial charge in [0.25, 0.3) is 0 Å². The van der Waals surface area contributed by atoms with E-state index in [1.165, 1.54) is 32.1 Å². The highest BCUT2D eigenvalue weighted by Crippen LogP contribution is 2.43. The number of esters is 2. The Bertz CT molecular complexity index is 1150. The second-order valence-electron chi connectivity index (χ2n) is 12.9. The molecule has 0 fully saturated rings. The van der Waals surface area contributed by atoms with E-state index in [-0.39, 0.29) is 12.8 Å². The molecule has 0 radical (unpaired) electrons. The Morgan fingerprint density at radius 3 is 1.94 bits per heavy atom. The molecule has 13 heteroatoms. The van der Waals surface area contributed by atoms with Crippen LogP contribution < -0.4 is 5.73 Å².